The van der Waals surface area contributed by atoms with Crippen molar-refractivity contribution in [3.05, 3.63) is 11.6 Å². The number of nitrogens with one attached hydrogen (secondary N) is 1. The summed E-state index contributed by atoms with van der Waals surface area (Å²) in [5, 5.41) is 3.66. The molecule has 1 N–H and O–H groups in total. The molecule has 1 aliphatic heterocycles. The van der Waals surface area contributed by atoms with E-state index < -0.39 is 0 Å². The minimum Gasteiger partial charge on any atom is -0.309 e. The second-order valence-corrected chi connectivity index (χ2v) is 6.30. The second-order valence-electron chi connectivity index (χ2n) is 6.30. The molecule has 2 rings (SSSR count). The van der Waals surface area contributed by atoms with Gasteiger partial charge < -0.3 is 5.32 Å². The van der Waals surface area contributed by atoms with Gasteiger partial charge in [-0.05, 0) is 46.0 Å². The van der Waals surface area contributed by atoms with Gasteiger partial charge >= 0.3 is 0 Å². The van der Waals surface area contributed by atoms with Gasteiger partial charge in [0.05, 0.1) is 0 Å². The number of hydrogen-bond donors (Lipinski definition) is 1. The summed E-state index contributed by atoms with van der Waals surface area (Å²) in [6.45, 7) is 10.6. The van der Waals surface area contributed by atoms with Crippen LogP contribution >= 0.6 is 0 Å². The lowest BCUT2D eigenvalue weighted by Gasteiger charge is -2.44. The van der Waals surface area contributed by atoms with Crippen molar-refractivity contribution in [2.75, 3.05) is 19.6 Å². The molecule has 1 saturated heterocycles. The van der Waals surface area contributed by atoms with E-state index in [1.165, 1.54) is 45.2 Å². The van der Waals surface area contributed by atoms with Crippen molar-refractivity contribution >= 4 is 0 Å². The van der Waals surface area contributed by atoms with Gasteiger partial charge in [-0.15, -0.1) is 0 Å². The first-order valence-electron chi connectivity index (χ1n) is 7.28. The van der Waals surface area contributed by atoms with E-state index in [1.54, 1.807) is 5.57 Å². The highest BCUT2D eigenvalue weighted by Gasteiger charge is 2.31. The van der Waals surface area contributed by atoms with Crippen molar-refractivity contribution in [3.8, 4) is 0 Å². The zero-order valence-electron chi connectivity index (χ0n) is 11.8. The Balaban J connectivity index is 1.86. The van der Waals surface area contributed by atoms with Crippen LogP contribution in [-0.4, -0.2) is 36.1 Å². The van der Waals surface area contributed by atoms with Crippen molar-refractivity contribution in [2.45, 2.75) is 64.5 Å². The Labute approximate surface area is 106 Å². The number of allylic oxidation sites excluding steroid dienone is 1. The van der Waals surface area contributed by atoms with E-state index in [-0.39, 0.29) is 5.54 Å². The Morgan fingerprint density at radius 1 is 1.47 bits per heavy atom. The first-order chi connectivity index (χ1) is 8.11. The largest absolute Gasteiger partial charge is 0.309 e. The van der Waals surface area contributed by atoms with Gasteiger partial charge in [-0.3, -0.25) is 4.90 Å². The molecule has 0 amide bonds. The van der Waals surface area contributed by atoms with Crippen LogP contribution in [0.2, 0.25) is 0 Å². The summed E-state index contributed by atoms with van der Waals surface area (Å²) in [7, 11) is 0. The van der Waals surface area contributed by atoms with Gasteiger partial charge in [-0.1, -0.05) is 18.6 Å². The molecule has 0 bridgehead atoms. The summed E-state index contributed by atoms with van der Waals surface area (Å²) < 4.78 is 0. The average Bonchev–Trinajstić information content (AvgIpc) is 2.78. The molecule has 0 radical (unpaired) electrons. The first kappa shape index (κ1) is 13.1. The Morgan fingerprint density at radius 2 is 2.29 bits per heavy atom. The molecule has 17 heavy (non-hydrogen) atoms. The van der Waals surface area contributed by atoms with E-state index in [4.69, 9.17) is 0 Å². The summed E-state index contributed by atoms with van der Waals surface area (Å²) >= 11 is 0. The predicted molar refractivity (Wildman–Crippen MR) is 74.3 cm³/mol. The normalized spacial score (nSPS) is 29.4. The smallest absolute Gasteiger partial charge is 0.0252 e. The lowest BCUT2D eigenvalue weighted by molar-refractivity contribution is 0.0938. The highest BCUT2D eigenvalue weighted by atomic mass is 15.2. The number of piperazine rings is 1. The summed E-state index contributed by atoms with van der Waals surface area (Å²) in [6, 6.07) is 0.741. The molecule has 0 aromatic carbocycles. The maximum Gasteiger partial charge on any atom is 0.0252 e. The number of rotatable bonds is 4. The van der Waals surface area contributed by atoms with Crippen LogP contribution in [0.25, 0.3) is 0 Å². The molecule has 0 aromatic heterocycles. The maximum atomic E-state index is 3.66. The molecular weight excluding hydrogens is 208 g/mol. The molecule has 1 atom stereocenters. The summed E-state index contributed by atoms with van der Waals surface area (Å²) in [6.07, 6.45) is 9.09. The third kappa shape index (κ3) is 3.56. The molecule has 0 aromatic rings. The lowest BCUT2D eigenvalue weighted by atomic mass is 9.97. The van der Waals surface area contributed by atoms with Crippen LogP contribution in [0.3, 0.4) is 0 Å². The maximum absolute atomic E-state index is 3.66. The van der Waals surface area contributed by atoms with Gasteiger partial charge in [0.15, 0.2) is 0 Å². The van der Waals surface area contributed by atoms with Gasteiger partial charge in [-0.25, -0.2) is 0 Å². The molecule has 2 nitrogen and oxygen atoms in total. The van der Waals surface area contributed by atoms with E-state index in [1.807, 2.05) is 0 Å². The third-order valence-corrected chi connectivity index (χ3v) is 4.26. The van der Waals surface area contributed by atoms with Crippen LogP contribution in [-0.2, 0) is 0 Å². The monoisotopic (exact) mass is 236 g/mol. The molecule has 1 aliphatic carbocycles. The van der Waals surface area contributed by atoms with Crippen LogP contribution in [0.5, 0.6) is 0 Å². The van der Waals surface area contributed by atoms with Crippen molar-refractivity contribution in [3.63, 3.8) is 0 Å². The fraction of sp³-hybridized carbons (Fsp3) is 0.867. The molecule has 1 fully saturated rings. The third-order valence-electron chi connectivity index (χ3n) is 4.26. The molecule has 0 spiro atoms. The van der Waals surface area contributed by atoms with Crippen LogP contribution in [0.15, 0.2) is 11.6 Å². The Bertz CT molecular complexity index is 281. The lowest BCUT2D eigenvalue weighted by Crippen LogP contribution is -2.61. The molecule has 1 heterocycles. The molecule has 2 heteroatoms. The average molecular weight is 236 g/mol. The standard InChI is InChI=1S/C15H28N2/c1-4-14-11-16-15(2,3)12-17(14)10-9-13-7-5-6-8-13/h7,14,16H,4-6,8-12H2,1-3H3. The topological polar surface area (TPSA) is 15.3 Å². The minimum absolute atomic E-state index is 0.287. The molecule has 0 saturated carbocycles. The minimum atomic E-state index is 0.287. The van der Waals surface area contributed by atoms with Gasteiger partial charge in [-0.2, -0.15) is 0 Å². The van der Waals surface area contributed by atoms with E-state index >= 15 is 0 Å². The molecule has 2 aliphatic rings. The molecule has 98 valence electrons. The zero-order chi connectivity index (χ0) is 12.3. The quantitative estimate of drug-likeness (QED) is 0.755. The fourth-order valence-electron chi connectivity index (χ4n) is 3.13. The summed E-state index contributed by atoms with van der Waals surface area (Å²) in [4.78, 5) is 2.70. The van der Waals surface area contributed by atoms with Crippen LogP contribution in [0.1, 0.15) is 52.9 Å². The van der Waals surface area contributed by atoms with E-state index in [0.717, 1.165) is 12.6 Å². The van der Waals surface area contributed by atoms with Crippen molar-refractivity contribution in [2.24, 2.45) is 0 Å². The number of nitrogens with zero attached hydrogens (tertiary/aromatic N) is 1. The summed E-state index contributed by atoms with van der Waals surface area (Å²) in [5.74, 6) is 0. The zero-order valence-corrected chi connectivity index (χ0v) is 11.8. The van der Waals surface area contributed by atoms with Crippen LogP contribution in [0, 0.1) is 0 Å². The van der Waals surface area contributed by atoms with Crippen LogP contribution < -0.4 is 5.32 Å². The second kappa shape index (κ2) is 5.53. The van der Waals surface area contributed by atoms with Crippen molar-refractivity contribution < 1.29 is 0 Å². The van der Waals surface area contributed by atoms with E-state index in [2.05, 4.69) is 37.1 Å². The Morgan fingerprint density at radius 3 is 2.94 bits per heavy atom. The molecule has 1 unspecified atom stereocenters. The van der Waals surface area contributed by atoms with Crippen molar-refractivity contribution in [1.82, 2.24) is 10.2 Å². The van der Waals surface area contributed by atoms with Gasteiger partial charge in [0.25, 0.3) is 0 Å². The van der Waals surface area contributed by atoms with Gasteiger partial charge in [0.1, 0.15) is 0 Å². The molecular formula is C15H28N2. The Hall–Kier alpha value is -0.340. The highest BCUT2D eigenvalue weighted by molar-refractivity contribution is 5.08. The fourth-order valence-corrected chi connectivity index (χ4v) is 3.13. The van der Waals surface area contributed by atoms with Gasteiger partial charge in [0.2, 0.25) is 0 Å². The number of hydrogen-bond acceptors (Lipinski definition) is 2. The van der Waals surface area contributed by atoms with E-state index in [9.17, 15) is 0 Å². The highest BCUT2D eigenvalue weighted by Crippen LogP contribution is 2.23. The van der Waals surface area contributed by atoms with Gasteiger partial charge in [0, 0.05) is 31.2 Å². The predicted octanol–water partition coefficient (Wildman–Crippen LogP) is 2.95. The van der Waals surface area contributed by atoms with Crippen molar-refractivity contribution in [1.29, 1.82) is 0 Å². The first-order valence-corrected chi connectivity index (χ1v) is 7.28. The van der Waals surface area contributed by atoms with E-state index in [0.29, 0.717) is 0 Å². The van der Waals surface area contributed by atoms with Crippen LogP contribution in [0.4, 0.5) is 0 Å². The SMILES string of the molecule is CCC1CNC(C)(C)CN1CCC1=CCCC1. The summed E-state index contributed by atoms with van der Waals surface area (Å²) in [5.41, 5.74) is 1.99. The Kier molecular flexibility index (Phi) is 4.26.